The van der Waals surface area contributed by atoms with Gasteiger partial charge in [-0.3, -0.25) is 14.7 Å². The highest BCUT2D eigenvalue weighted by atomic mass is 16.2. The number of piperidine rings is 1. The van der Waals surface area contributed by atoms with Gasteiger partial charge in [0.15, 0.2) is 0 Å². The second kappa shape index (κ2) is 7.46. The van der Waals surface area contributed by atoms with Crippen molar-refractivity contribution in [1.29, 1.82) is 0 Å². The number of likely N-dealkylation sites (tertiary alicyclic amines) is 1. The summed E-state index contributed by atoms with van der Waals surface area (Å²) in [6.07, 6.45) is 3.57. The summed E-state index contributed by atoms with van der Waals surface area (Å²) in [5.41, 5.74) is 5.29. The summed E-state index contributed by atoms with van der Waals surface area (Å²) in [6.45, 7) is 5.14. The minimum absolute atomic E-state index is 0.191. The van der Waals surface area contributed by atoms with Crippen LogP contribution in [-0.2, 0) is 0 Å². The van der Waals surface area contributed by atoms with Crippen molar-refractivity contribution in [2.75, 3.05) is 13.1 Å². The van der Waals surface area contributed by atoms with Gasteiger partial charge in [-0.15, -0.1) is 0 Å². The van der Waals surface area contributed by atoms with E-state index in [2.05, 4.69) is 46.4 Å². The maximum atomic E-state index is 12.7. The van der Waals surface area contributed by atoms with Gasteiger partial charge in [0.25, 0.3) is 11.5 Å². The van der Waals surface area contributed by atoms with Crippen molar-refractivity contribution in [3.63, 3.8) is 0 Å². The van der Waals surface area contributed by atoms with Crippen LogP contribution in [0.3, 0.4) is 0 Å². The first kappa shape index (κ1) is 18.2. The molecule has 2 aromatic heterocycles. The number of H-pyrrole nitrogens is 2. The lowest BCUT2D eigenvalue weighted by atomic mass is 9.89. The van der Waals surface area contributed by atoms with Gasteiger partial charge in [0.2, 0.25) is 0 Å². The molecule has 0 spiro atoms. The fraction of sp³-hybridized carbons (Fsp3) is 0.318. The second-order valence-corrected chi connectivity index (χ2v) is 7.52. The minimum Gasteiger partial charge on any atom is -0.338 e. The quantitative estimate of drug-likeness (QED) is 0.735. The fourth-order valence-corrected chi connectivity index (χ4v) is 3.93. The van der Waals surface area contributed by atoms with Crippen LogP contribution in [0.15, 0.2) is 47.4 Å². The van der Waals surface area contributed by atoms with Gasteiger partial charge in [-0.2, -0.15) is 5.10 Å². The number of hydrogen-bond donors (Lipinski definition) is 2. The standard InChI is InChI=1S/C22H24N4O2/c1-14-4-3-5-17(12-14)19-13-23-25-20(19)16-8-10-26(11-9-16)22(28)18-7-6-15(2)24-21(18)27/h3-7,12-13,16H,8-11H2,1-2H3,(H,23,25)(H,24,27). The van der Waals surface area contributed by atoms with Crippen LogP contribution in [0, 0.1) is 13.8 Å². The largest absolute Gasteiger partial charge is 0.338 e. The smallest absolute Gasteiger partial charge is 0.260 e. The number of aromatic amines is 2. The van der Waals surface area contributed by atoms with Gasteiger partial charge in [-0.25, -0.2) is 0 Å². The predicted octanol–water partition coefficient (Wildman–Crippen LogP) is 3.40. The van der Waals surface area contributed by atoms with Crippen LogP contribution in [0.1, 0.15) is 46.1 Å². The lowest BCUT2D eigenvalue weighted by Gasteiger charge is -2.32. The molecule has 28 heavy (non-hydrogen) atoms. The highest BCUT2D eigenvalue weighted by molar-refractivity contribution is 5.93. The molecule has 1 amide bonds. The Morgan fingerprint density at radius 3 is 2.64 bits per heavy atom. The Bertz CT molecular complexity index is 1060. The number of nitrogens with zero attached hydrogens (tertiary/aromatic N) is 2. The Balaban J connectivity index is 1.49. The van der Waals surface area contributed by atoms with E-state index in [1.807, 2.05) is 6.20 Å². The van der Waals surface area contributed by atoms with E-state index in [1.165, 1.54) is 5.56 Å². The van der Waals surface area contributed by atoms with Crippen molar-refractivity contribution in [3.8, 4) is 11.1 Å². The van der Waals surface area contributed by atoms with E-state index in [4.69, 9.17) is 0 Å². The lowest BCUT2D eigenvalue weighted by molar-refractivity contribution is 0.0710. The van der Waals surface area contributed by atoms with Crippen molar-refractivity contribution in [1.82, 2.24) is 20.1 Å². The number of rotatable bonds is 3. The number of carbonyl (C=O) groups is 1. The molecule has 0 bridgehead atoms. The molecule has 1 aliphatic rings. The molecule has 4 rings (SSSR count). The zero-order valence-corrected chi connectivity index (χ0v) is 16.2. The molecule has 0 aliphatic carbocycles. The molecule has 0 saturated carbocycles. The van der Waals surface area contributed by atoms with Crippen molar-refractivity contribution < 1.29 is 4.79 Å². The monoisotopic (exact) mass is 376 g/mol. The molecule has 6 heteroatoms. The molecule has 6 nitrogen and oxygen atoms in total. The average molecular weight is 376 g/mol. The number of pyridine rings is 1. The van der Waals surface area contributed by atoms with Crippen molar-refractivity contribution in [2.24, 2.45) is 0 Å². The second-order valence-electron chi connectivity index (χ2n) is 7.52. The van der Waals surface area contributed by atoms with Gasteiger partial charge in [-0.05, 0) is 44.4 Å². The molecule has 3 aromatic rings. The summed E-state index contributed by atoms with van der Waals surface area (Å²) in [7, 11) is 0. The first-order valence-electron chi connectivity index (χ1n) is 9.62. The summed E-state index contributed by atoms with van der Waals surface area (Å²) in [5, 5.41) is 7.45. The Hall–Kier alpha value is -3.15. The predicted molar refractivity (Wildman–Crippen MR) is 108 cm³/mol. The van der Waals surface area contributed by atoms with Crippen LogP contribution in [0.25, 0.3) is 11.1 Å². The molecule has 1 fully saturated rings. The molecule has 0 unspecified atom stereocenters. The number of aromatic nitrogens is 3. The van der Waals surface area contributed by atoms with Crippen LogP contribution >= 0.6 is 0 Å². The Labute approximate surface area is 163 Å². The summed E-state index contributed by atoms with van der Waals surface area (Å²) in [6, 6.07) is 11.8. The van der Waals surface area contributed by atoms with Gasteiger partial charge >= 0.3 is 0 Å². The van der Waals surface area contributed by atoms with E-state index < -0.39 is 0 Å². The number of hydrogen-bond acceptors (Lipinski definition) is 3. The van der Waals surface area contributed by atoms with E-state index in [9.17, 15) is 9.59 Å². The minimum atomic E-state index is -0.317. The Kier molecular flexibility index (Phi) is 4.86. The highest BCUT2D eigenvalue weighted by Crippen LogP contribution is 2.34. The molecule has 1 saturated heterocycles. The normalized spacial score (nSPS) is 15.0. The topological polar surface area (TPSA) is 81.8 Å². The Morgan fingerprint density at radius 2 is 1.93 bits per heavy atom. The molecular weight excluding hydrogens is 352 g/mol. The highest BCUT2D eigenvalue weighted by Gasteiger charge is 2.28. The van der Waals surface area contributed by atoms with Crippen molar-refractivity contribution in [3.05, 3.63) is 75.5 Å². The number of carbonyl (C=O) groups excluding carboxylic acids is 1. The van der Waals surface area contributed by atoms with E-state index in [0.29, 0.717) is 19.0 Å². The van der Waals surface area contributed by atoms with Gasteiger partial charge < -0.3 is 9.88 Å². The molecule has 2 N–H and O–H groups in total. The third kappa shape index (κ3) is 3.50. The van der Waals surface area contributed by atoms with E-state index in [0.717, 1.165) is 35.4 Å². The zero-order chi connectivity index (χ0) is 19.7. The number of benzene rings is 1. The molecular formula is C22H24N4O2. The van der Waals surface area contributed by atoms with Crippen LogP contribution < -0.4 is 5.56 Å². The lowest BCUT2D eigenvalue weighted by Crippen LogP contribution is -2.40. The van der Waals surface area contributed by atoms with Crippen LogP contribution in [0.5, 0.6) is 0 Å². The van der Waals surface area contributed by atoms with Crippen molar-refractivity contribution in [2.45, 2.75) is 32.6 Å². The maximum absolute atomic E-state index is 12.7. The van der Waals surface area contributed by atoms with Crippen LogP contribution in [0.2, 0.25) is 0 Å². The summed E-state index contributed by atoms with van der Waals surface area (Å²) in [5.74, 6) is 0.126. The maximum Gasteiger partial charge on any atom is 0.260 e. The summed E-state index contributed by atoms with van der Waals surface area (Å²) in [4.78, 5) is 29.3. The molecule has 0 atom stereocenters. The third-order valence-electron chi connectivity index (χ3n) is 5.47. The number of aryl methyl sites for hydroxylation is 2. The van der Waals surface area contributed by atoms with Gasteiger partial charge in [-0.1, -0.05) is 29.8 Å². The molecule has 0 radical (unpaired) electrons. The Morgan fingerprint density at radius 1 is 1.14 bits per heavy atom. The van der Waals surface area contributed by atoms with Gasteiger partial charge in [0.05, 0.1) is 6.20 Å². The number of amides is 1. The average Bonchev–Trinajstić information content (AvgIpc) is 3.17. The summed E-state index contributed by atoms with van der Waals surface area (Å²) < 4.78 is 0. The van der Waals surface area contributed by atoms with E-state index in [1.54, 1.807) is 24.0 Å². The van der Waals surface area contributed by atoms with E-state index in [-0.39, 0.29) is 17.0 Å². The van der Waals surface area contributed by atoms with Gasteiger partial charge in [0, 0.05) is 36.0 Å². The molecule has 1 aliphatic heterocycles. The first-order chi connectivity index (χ1) is 13.5. The fourth-order valence-electron chi connectivity index (χ4n) is 3.93. The SMILES string of the molecule is Cc1cccc(-c2cn[nH]c2C2CCN(C(=O)c3ccc(C)[nH]c3=O)CC2)c1. The first-order valence-corrected chi connectivity index (χ1v) is 9.62. The van der Waals surface area contributed by atoms with Crippen LogP contribution in [-0.4, -0.2) is 39.1 Å². The zero-order valence-electron chi connectivity index (χ0n) is 16.2. The molecule has 1 aromatic carbocycles. The third-order valence-corrected chi connectivity index (χ3v) is 5.47. The van der Waals surface area contributed by atoms with E-state index >= 15 is 0 Å². The van der Waals surface area contributed by atoms with Crippen LogP contribution in [0.4, 0.5) is 0 Å². The van der Waals surface area contributed by atoms with Crippen molar-refractivity contribution >= 4 is 5.91 Å². The molecule has 144 valence electrons. The molecule has 3 heterocycles. The number of nitrogens with one attached hydrogen (secondary N) is 2. The van der Waals surface area contributed by atoms with Gasteiger partial charge in [0.1, 0.15) is 5.56 Å². The summed E-state index contributed by atoms with van der Waals surface area (Å²) >= 11 is 0.